The van der Waals surface area contributed by atoms with Crippen LogP contribution in [0.5, 0.6) is 11.6 Å². The molecule has 0 aliphatic carbocycles. The molecule has 0 aliphatic rings. The van der Waals surface area contributed by atoms with Gasteiger partial charge in [0, 0.05) is 22.9 Å². The van der Waals surface area contributed by atoms with Crippen molar-refractivity contribution in [3.05, 3.63) is 113 Å². The van der Waals surface area contributed by atoms with Gasteiger partial charge in [-0.25, -0.2) is 9.78 Å². The topological polar surface area (TPSA) is 88.5 Å². The summed E-state index contributed by atoms with van der Waals surface area (Å²) in [6.45, 7) is 0. The number of alkyl halides is 3. The highest BCUT2D eigenvalue weighted by molar-refractivity contribution is 7.98. The lowest BCUT2D eigenvalue weighted by Gasteiger charge is -2.09. The van der Waals surface area contributed by atoms with Gasteiger partial charge in [0.2, 0.25) is 11.8 Å². The quantitative estimate of drug-likeness (QED) is 0.222. The SMILES string of the molecule is O=C(Cc1ccc(Oc2ccc(SCc3ccc(C(F)(F)F)cc3)cc2)nc1)Nc1ccccc1C(=O)O. The number of aromatic carboxylic acids is 1. The maximum Gasteiger partial charge on any atom is 0.416 e. The Bertz CT molecular complexity index is 1410. The molecule has 0 unspecified atom stereocenters. The molecule has 1 aromatic heterocycles. The summed E-state index contributed by atoms with van der Waals surface area (Å²) in [5.41, 5.74) is 0.967. The van der Waals surface area contributed by atoms with Crippen molar-refractivity contribution in [3.63, 3.8) is 0 Å². The van der Waals surface area contributed by atoms with Crippen molar-refractivity contribution in [2.24, 2.45) is 0 Å². The number of hydrogen-bond donors (Lipinski definition) is 2. The maximum atomic E-state index is 12.7. The van der Waals surface area contributed by atoms with E-state index in [2.05, 4.69) is 10.3 Å². The molecule has 0 radical (unpaired) electrons. The van der Waals surface area contributed by atoms with Crippen molar-refractivity contribution >= 4 is 29.3 Å². The van der Waals surface area contributed by atoms with Crippen molar-refractivity contribution < 1.29 is 32.6 Å². The zero-order chi connectivity index (χ0) is 27.1. The fraction of sp³-hybridized carbons (Fsp3) is 0.107. The number of amides is 1. The third-order valence-corrected chi connectivity index (χ3v) is 6.41. The highest BCUT2D eigenvalue weighted by atomic mass is 32.2. The average Bonchev–Trinajstić information content (AvgIpc) is 2.89. The molecule has 0 fully saturated rings. The molecule has 4 rings (SSSR count). The van der Waals surface area contributed by atoms with Crippen molar-refractivity contribution in [3.8, 4) is 11.6 Å². The van der Waals surface area contributed by atoms with Gasteiger partial charge in [-0.1, -0.05) is 30.3 Å². The fourth-order valence-corrected chi connectivity index (χ4v) is 4.27. The summed E-state index contributed by atoms with van der Waals surface area (Å²) in [5.74, 6) is -0.104. The number of benzene rings is 3. The van der Waals surface area contributed by atoms with Crippen molar-refractivity contribution in [1.82, 2.24) is 4.98 Å². The zero-order valence-corrected chi connectivity index (χ0v) is 20.6. The van der Waals surface area contributed by atoms with Gasteiger partial charge in [0.1, 0.15) is 5.75 Å². The van der Waals surface area contributed by atoms with Gasteiger partial charge in [-0.3, -0.25) is 4.79 Å². The van der Waals surface area contributed by atoms with Gasteiger partial charge in [-0.05, 0) is 59.7 Å². The number of nitrogens with one attached hydrogen (secondary N) is 1. The summed E-state index contributed by atoms with van der Waals surface area (Å²) in [5, 5.41) is 11.8. The Kier molecular flexibility index (Phi) is 8.32. The Labute approximate surface area is 220 Å². The third-order valence-electron chi connectivity index (χ3n) is 5.33. The predicted molar refractivity (Wildman–Crippen MR) is 137 cm³/mol. The molecule has 0 bridgehead atoms. The molecule has 0 aliphatic heterocycles. The van der Waals surface area contributed by atoms with Gasteiger partial charge in [0.25, 0.3) is 0 Å². The minimum absolute atomic E-state index is 0.00604. The van der Waals surface area contributed by atoms with E-state index in [-0.39, 0.29) is 23.6 Å². The van der Waals surface area contributed by atoms with Crippen LogP contribution < -0.4 is 10.1 Å². The van der Waals surface area contributed by atoms with E-state index in [0.717, 1.165) is 22.6 Å². The normalized spacial score (nSPS) is 11.1. The lowest BCUT2D eigenvalue weighted by Crippen LogP contribution is -2.16. The molecular formula is C28H21F3N2O4S. The van der Waals surface area contributed by atoms with Gasteiger partial charge in [-0.2, -0.15) is 13.2 Å². The summed E-state index contributed by atoms with van der Waals surface area (Å²) >= 11 is 1.49. The predicted octanol–water partition coefficient (Wildman–Crippen LogP) is 7.06. The second-order valence-corrected chi connectivity index (χ2v) is 9.19. The van der Waals surface area contributed by atoms with Crippen molar-refractivity contribution in [2.45, 2.75) is 23.2 Å². The number of anilines is 1. The molecule has 38 heavy (non-hydrogen) atoms. The van der Waals surface area contributed by atoms with E-state index in [1.807, 2.05) is 12.1 Å². The van der Waals surface area contributed by atoms with Crippen LogP contribution in [-0.4, -0.2) is 22.0 Å². The first kappa shape index (κ1) is 26.7. The Balaban J connectivity index is 1.28. The number of carbonyl (C=O) groups is 2. The van der Waals surface area contributed by atoms with Crippen LogP contribution in [0, 0.1) is 0 Å². The number of aromatic nitrogens is 1. The standard InChI is InChI=1S/C28H21F3N2O4S/c29-28(30,31)20-8-5-18(6-9-20)17-38-22-12-10-21(11-13-22)37-26-14-7-19(16-32-26)15-25(34)33-24-4-2-1-3-23(24)27(35)36/h1-14,16H,15,17H2,(H,33,34)(H,35,36). The Morgan fingerprint density at radius 3 is 2.21 bits per heavy atom. The molecule has 6 nitrogen and oxygen atoms in total. The number of ether oxygens (including phenoxy) is 1. The van der Waals surface area contributed by atoms with Crippen molar-refractivity contribution in [2.75, 3.05) is 5.32 Å². The molecule has 3 aromatic carbocycles. The lowest BCUT2D eigenvalue weighted by molar-refractivity contribution is -0.137. The Morgan fingerprint density at radius 2 is 1.58 bits per heavy atom. The highest BCUT2D eigenvalue weighted by Crippen LogP contribution is 2.31. The zero-order valence-electron chi connectivity index (χ0n) is 19.7. The van der Waals surface area contributed by atoms with Gasteiger partial charge >= 0.3 is 12.1 Å². The summed E-state index contributed by atoms with van der Waals surface area (Å²) in [6.07, 6.45) is -2.83. The van der Waals surface area contributed by atoms with Gasteiger partial charge in [-0.15, -0.1) is 11.8 Å². The van der Waals surface area contributed by atoms with Crippen LogP contribution in [0.15, 0.2) is 96.0 Å². The number of carbonyl (C=O) groups excluding carboxylic acids is 1. The molecule has 10 heteroatoms. The second kappa shape index (κ2) is 11.8. The number of carboxylic acid groups (broad SMARTS) is 1. The van der Waals surface area contributed by atoms with E-state index in [1.165, 1.54) is 42.2 Å². The molecule has 1 heterocycles. The van der Waals surface area contributed by atoms with Crippen LogP contribution in [0.2, 0.25) is 0 Å². The molecule has 0 spiro atoms. The molecular weight excluding hydrogens is 517 g/mol. The molecule has 1 amide bonds. The number of hydrogen-bond acceptors (Lipinski definition) is 5. The van der Waals surface area contributed by atoms with Gasteiger partial charge < -0.3 is 15.2 Å². The van der Waals surface area contributed by atoms with E-state index in [1.54, 1.807) is 36.4 Å². The van der Waals surface area contributed by atoms with E-state index < -0.39 is 17.7 Å². The van der Waals surface area contributed by atoms with Crippen molar-refractivity contribution in [1.29, 1.82) is 0 Å². The summed E-state index contributed by atoms with van der Waals surface area (Å²) in [6, 6.07) is 21.8. The highest BCUT2D eigenvalue weighted by Gasteiger charge is 2.29. The van der Waals surface area contributed by atoms with E-state index in [0.29, 0.717) is 22.9 Å². The van der Waals surface area contributed by atoms with Crippen LogP contribution >= 0.6 is 11.8 Å². The first-order valence-electron chi connectivity index (χ1n) is 11.3. The fourth-order valence-electron chi connectivity index (χ4n) is 3.42. The number of pyridine rings is 1. The second-order valence-electron chi connectivity index (χ2n) is 8.14. The summed E-state index contributed by atoms with van der Waals surface area (Å²) in [4.78, 5) is 28.8. The van der Waals surface area contributed by atoms with E-state index in [9.17, 15) is 27.9 Å². The summed E-state index contributed by atoms with van der Waals surface area (Å²) in [7, 11) is 0. The molecule has 4 aromatic rings. The monoisotopic (exact) mass is 538 g/mol. The Morgan fingerprint density at radius 1 is 0.895 bits per heavy atom. The van der Waals surface area contributed by atoms with Crippen LogP contribution in [0.3, 0.4) is 0 Å². The first-order valence-corrected chi connectivity index (χ1v) is 12.3. The van der Waals surface area contributed by atoms with Crippen LogP contribution in [0.25, 0.3) is 0 Å². The number of halogens is 3. The third kappa shape index (κ3) is 7.36. The number of carboxylic acids is 1. The largest absolute Gasteiger partial charge is 0.478 e. The smallest absolute Gasteiger partial charge is 0.416 e. The average molecular weight is 539 g/mol. The number of para-hydroxylation sites is 1. The van der Waals surface area contributed by atoms with Crippen LogP contribution in [0.4, 0.5) is 18.9 Å². The molecule has 2 N–H and O–H groups in total. The minimum atomic E-state index is -4.35. The van der Waals surface area contributed by atoms with E-state index >= 15 is 0 Å². The number of thioether (sulfide) groups is 1. The summed E-state index contributed by atoms with van der Waals surface area (Å²) < 4.78 is 43.8. The lowest BCUT2D eigenvalue weighted by atomic mass is 10.1. The minimum Gasteiger partial charge on any atom is -0.478 e. The number of rotatable bonds is 9. The van der Waals surface area contributed by atoms with E-state index in [4.69, 9.17) is 4.74 Å². The molecule has 0 saturated heterocycles. The molecule has 194 valence electrons. The first-order chi connectivity index (χ1) is 18.2. The molecule has 0 saturated carbocycles. The van der Waals surface area contributed by atoms with Gasteiger partial charge in [0.15, 0.2) is 0 Å². The van der Waals surface area contributed by atoms with Gasteiger partial charge in [0.05, 0.1) is 23.2 Å². The Hall–Kier alpha value is -4.31. The van der Waals surface area contributed by atoms with Crippen LogP contribution in [0.1, 0.15) is 27.0 Å². The van der Waals surface area contributed by atoms with Crippen LogP contribution in [-0.2, 0) is 23.1 Å². The molecule has 0 atom stereocenters. The maximum absolute atomic E-state index is 12.7. The number of nitrogens with zero attached hydrogens (tertiary/aromatic N) is 1.